The number of aliphatic hydroxyl groups is 1. The van der Waals surface area contributed by atoms with E-state index in [1.165, 1.54) is 25.7 Å². The first-order chi connectivity index (χ1) is 17.9. The van der Waals surface area contributed by atoms with Crippen LogP contribution in [0.15, 0.2) is 43.1 Å². The first-order valence-corrected chi connectivity index (χ1v) is 14.1. The summed E-state index contributed by atoms with van der Waals surface area (Å²) in [6.45, 7) is 1.93. The maximum Gasteiger partial charge on any atom is 0.182 e. The Balaban J connectivity index is 0.000000152. The standard InChI is InChI=1S/C15H17ClN2O.C14H17ClN2O/c1-10-13-7-12(16)8-14(18(13)9-17-10)15(19)11-5-3-2-4-6-11;15-11-6-12-8-16-9-17(12)13(7-11)14(18)10-4-2-1-3-5-10/h7-9,11H,2-6H2,1H3;6-10,14,18H,1-5H2. The van der Waals surface area contributed by atoms with Crippen LogP contribution in [0.5, 0.6) is 0 Å². The van der Waals surface area contributed by atoms with E-state index < -0.39 is 6.10 Å². The Labute approximate surface area is 227 Å². The van der Waals surface area contributed by atoms with Crippen molar-refractivity contribution in [3.05, 3.63) is 70.2 Å². The number of ketones is 1. The van der Waals surface area contributed by atoms with E-state index in [0.29, 0.717) is 21.7 Å². The van der Waals surface area contributed by atoms with E-state index in [1.54, 1.807) is 24.9 Å². The number of nitrogens with zero attached hydrogens (tertiary/aromatic N) is 4. The van der Waals surface area contributed by atoms with E-state index in [1.807, 2.05) is 33.9 Å². The fourth-order valence-electron chi connectivity index (χ4n) is 5.89. The monoisotopic (exact) mass is 540 g/mol. The van der Waals surface area contributed by atoms with Gasteiger partial charge in [-0.25, -0.2) is 9.97 Å². The Morgan fingerprint density at radius 2 is 1.59 bits per heavy atom. The Hall–Kier alpha value is -2.41. The van der Waals surface area contributed by atoms with Crippen molar-refractivity contribution in [2.75, 3.05) is 0 Å². The Bertz CT molecular complexity index is 1380. The van der Waals surface area contributed by atoms with Gasteiger partial charge in [0.25, 0.3) is 0 Å². The van der Waals surface area contributed by atoms with Crippen LogP contribution in [0.3, 0.4) is 0 Å². The molecule has 37 heavy (non-hydrogen) atoms. The molecule has 8 heteroatoms. The molecule has 4 heterocycles. The summed E-state index contributed by atoms with van der Waals surface area (Å²) in [5.74, 6) is 0.713. The quantitative estimate of drug-likeness (QED) is 0.269. The van der Waals surface area contributed by atoms with Gasteiger partial charge in [0.05, 0.1) is 46.7 Å². The van der Waals surface area contributed by atoms with Crippen LogP contribution in [0.25, 0.3) is 11.0 Å². The Morgan fingerprint density at radius 1 is 0.919 bits per heavy atom. The van der Waals surface area contributed by atoms with Crippen LogP contribution in [0, 0.1) is 18.8 Å². The third-order valence-corrected chi connectivity index (χ3v) is 8.39. The van der Waals surface area contributed by atoms with Gasteiger partial charge in [0.15, 0.2) is 5.78 Å². The average Bonchev–Trinajstić information content (AvgIpc) is 3.55. The van der Waals surface area contributed by atoms with E-state index in [4.69, 9.17) is 23.2 Å². The highest BCUT2D eigenvalue weighted by atomic mass is 35.5. The van der Waals surface area contributed by atoms with Crippen molar-refractivity contribution in [3.8, 4) is 0 Å². The molecule has 2 fully saturated rings. The molecule has 196 valence electrons. The zero-order chi connectivity index (χ0) is 25.9. The fourth-order valence-corrected chi connectivity index (χ4v) is 6.32. The van der Waals surface area contributed by atoms with Crippen molar-refractivity contribution < 1.29 is 9.90 Å². The fraction of sp³-hybridized carbons (Fsp3) is 0.483. The van der Waals surface area contributed by atoms with Gasteiger partial charge >= 0.3 is 0 Å². The molecule has 0 aromatic carbocycles. The van der Waals surface area contributed by atoms with Gasteiger partial charge in [-0.1, -0.05) is 61.7 Å². The smallest absolute Gasteiger partial charge is 0.182 e. The molecule has 1 unspecified atom stereocenters. The Morgan fingerprint density at radius 3 is 2.32 bits per heavy atom. The average molecular weight is 542 g/mol. The molecule has 2 saturated carbocycles. The number of hydrogen-bond donors (Lipinski definition) is 1. The second kappa shape index (κ2) is 11.5. The minimum Gasteiger partial charge on any atom is -0.387 e. The van der Waals surface area contributed by atoms with Crippen molar-refractivity contribution in [2.24, 2.45) is 11.8 Å². The number of carbonyl (C=O) groups is 1. The number of aromatic nitrogens is 4. The van der Waals surface area contributed by atoms with Crippen molar-refractivity contribution >= 4 is 40.0 Å². The van der Waals surface area contributed by atoms with Gasteiger partial charge < -0.3 is 9.51 Å². The van der Waals surface area contributed by atoms with Crippen LogP contribution in [-0.2, 0) is 0 Å². The number of hydrogen-bond acceptors (Lipinski definition) is 4. The maximum absolute atomic E-state index is 12.7. The number of pyridine rings is 2. The van der Waals surface area contributed by atoms with Gasteiger partial charge in [0.2, 0.25) is 0 Å². The number of aliphatic hydroxyl groups excluding tert-OH is 1. The van der Waals surface area contributed by atoms with E-state index >= 15 is 0 Å². The van der Waals surface area contributed by atoms with Crippen molar-refractivity contribution in [3.63, 3.8) is 0 Å². The van der Waals surface area contributed by atoms with Crippen LogP contribution < -0.4 is 0 Å². The van der Waals surface area contributed by atoms with E-state index in [0.717, 1.165) is 60.9 Å². The topological polar surface area (TPSA) is 71.9 Å². The normalized spacial score (nSPS) is 18.1. The highest BCUT2D eigenvalue weighted by Gasteiger charge is 2.26. The van der Waals surface area contributed by atoms with Crippen LogP contribution in [0.1, 0.15) is 92.2 Å². The van der Waals surface area contributed by atoms with Gasteiger partial charge in [-0.2, -0.15) is 0 Å². The summed E-state index contributed by atoms with van der Waals surface area (Å²) in [5.41, 5.74) is 4.30. The third-order valence-electron chi connectivity index (χ3n) is 7.95. The van der Waals surface area contributed by atoms with Gasteiger partial charge in [-0.15, -0.1) is 0 Å². The minimum absolute atomic E-state index is 0.151. The molecule has 2 aliphatic rings. The molecular weight excluding hydrogens is 507 g/mol. The van der Waals surface area contributed by atoms with Gasteiger partial charge in [0.1, 0.15) is 6.33 Å². The van der Waals surface area contributed by atoms with Crippen LogP contribution in [0.4, 0.5) is 0 Å². The summed E-state index contributed by atoms with van der Waals surface area (Å²) in [5, 5.41) is 11.8. The molecule has 1 N–H and O–H groups in total. The second-order valence-corrected chi connectivity index (χ2v) is 11.3. The number of halogens is 2. The molecule has 6 rings (SSSR count). The SMILES string of the molecule is Cc1ncn2c(C(=O)C3CCCCC3)cc(Cl)cc12.OC(c1cc(Cl)cc2cncn12)C1CCCCC1. The molecule has 0 radical (unpaired) electrons. The van der Waals surface area contributed by atoms with E-state index in [2.05, 4.69) is 9.97 Å². The predicted molar refractivity (Wildman–Crippen MR) is 148 cm³/mol. The summed E-state index contributed by atoms with van der Waals surface area (Å²) < 4.78 is 3.81. The highest BCUT2D eigenvalue weighted by molar-refractivity contribution is 6.31. The summed E-state index contributed by atoms with van der Waals surface area (Å²) in [7, 11) is 0. The second-order valence-electron chi connectivity index (χ2n) is 10.5. The van der Waals surface area contributed by atoms with Crippen LogP contribution in [-0.4, -0.2) is 29.7 Å². The summed E-state index contributed by atoms with van der Waals surface area (Å²) in [6, 6.07) is 7.36. The molecule has 1 atom stereocenters. The number of aryl methyl sites for hydroxylation is 1. The largest absolute Gasteiger partial charge is 0.387 e. The van der Waals surface area contributed by atoms with Gasteiger partial charge in [-0.05, 0) is 62.8 Å². The highest BCUT2D eigenvalue weighted by Crippen LogP contribution is 2.35. The summed E-state index contributed by atoms with van der Waals surface area (Å²) in [6.07, 6.45) is 16.3. The van der Waals surface area contributed by atoms with Gasteiger partial charge in [-0.3, -0.25) is 9.20 Å². The molecule has 6 nitrogen and oxygen atoms in total. The molecule has 0 saturated heterocycles. The zero-order valence-electron chi connectivity index (χ0n) is 21.2. The lowest BCUT2D eigenvalue weighted by molar-refractivity contribution is 0.0801. The zero-order valence-corrected chi connectivity index (χ0v) is 22.8. The van der Waals surface area contributed by atoms with E-state index in [-0.39, 0.29) is 11.7 Å². The lowest BCUT2D eigenvalue weighted by atomic mass is 9.84. The number of rotatable bonds is 4. The third kappa shape index (κ3) is 5.71. The van der Waals surface area contributed by atoms with Crippen molar-refractivity contribution in [2.45, 2.75) is 77.2 Å². The van der Waals surface area contributed by atoms with Crippen LogP contribution >= 0.6 is 23.2 Å². The van der Waals surface area contributed by atoms with Crippen LogP contribution in [0.2, 0.25) is 10.0 Å². The molecule has 0 aliphatic heterocycles. The lowest BCUT2D eigenvalue weighted by Gasteiger charge is -2.27. The van der Waals surface area contributed by atoms with Crippen molar-refractivity contribution in [1.29, 1.82) is 0 Å². The maximum atomic E-state index is 12.7. The molecule has 2 aliphatic carbocycles. The Kier molecular flexibility index (Phi) is 8.18. The molecule has 4 aromatic heterocycles. The minimum atomic E-state index is -0.444. The predicted octanol–water partition coefficient (Wildman–Crippen LogP) is 7.66. The number of carbonyl (C=O) groups excluding carboxylic acids is 1. The summed E-state index contributed by atoms with van der Waals surface area (Å²) >= 11 is 12.3. The first kappa shape index (κ1) is 26.2. The molecule has 0 bridgehead atoms. The molecule has 0 amide bonds. The first-order valence-electron chi connectivity index (χ1n) is 13.4. The number of imidazole rings is 2. The molecule has 4 aromatic rings. The van der Waals surface area contributed by atoms with Gasteiger partial charge in [0, 0.05) is 16.0 Å². The summed E-state index contributed by atoms with van der Waals surface area (Å²) in [4.78, 5) is 21.1. The molecular formula is C29H34Cl2N4O2. The van der Waals surface area contributed by atoms with Crippen molar-refractivity contribution in [1.82, 2.24) is 18.8 Å². The molecule has 0 spiro atoms. The lowest BCUT2D eigenvalue weighted by Crippen LogP contribution is -2.20. The number of fused-ring (bicyclic) bond motifs is 2. The van der Waals surface area contributed by atoms with E-state index in [9.17, 15) is 9.90 Å². The number of Topliss-reactive ketones (excluding diaryl/α,β-unsaturated/α-hetero) is 1.